The summed E-state index contributed by atoms with van der Waals surface area (Å²) in [5.74, 6) is -1.66. The van der Waals surface area contributed by atoms with Gasteiger partial charge < -0.3 is 25.2 Å². The molecule has 4 amide bonds. The zero-order valence-corrected chi connectivity index (χ0v) is 60.8. The van der Waals surface area contributed by atoms with Crippen LogP contribution in [0.2, 0.25) is 0 Å². The molecule has 2 aliphatic heterocycles. The summed E-state index contributed by atoms with van der Waals surface area (Å²) in [5, 5.41) is 26.0. The van der Waals surface area contributed by atoms with Crippen molar-refractivity contribution in [3.8, 4) is 0 Å². The summed E-state index contributed by atoms with van der Waals surface area (Å²) >= 11 is 0. The van der Waals surface area contributed by atoms with E-state index in [0.29, 0.717) is 18.4 Å². The number of likely N-dealkylation sites (tertiary alicyclic amines) is 1. The molecule has 4 unspecified atom stereocenters. The molecule has 2 saturated heterocycles. The second-order valence-electron chi connectivity index (χ2n) is 25.4. The minimum Gasteiger partial charge on any atom is -0.481 e. The van der Waals surface area contributed by atoms with Crippen LogP contribution in [-0.4, -0.2) is 78.3 Å². The van der Waals surface area contributed by atoms with E-state index in [4.69, 9.17) is 9.47 Å². The van der Waals surface area contributed by atoms with Crippen LogP contribution in [-0.2, 0) is 23.9 Å². The SMILES string of the molecule is C=C(C)c1ccccc1.CC.CC.CC.CC.CC.CC(C)(C)OC(=O)N1C(=O)C(c2ccccc2)CC1(C)C.CC(C)(CC(C(=O)O)c1ccccc1)NC(=O)OC(C)(C)C.CC(CC(C)(C)[N+](=O)[O-])c1ccccc1.CC1(C)CC(c2ccccc2)C(=O)N1. The van der Waals surface area contributed by atoms with Gasteiger partial charge in [-0.3, -0.25) is 24.5 Å². The van der Waals surface area contributed by atoms with Crippen LogP contribution in [0.25, 0.3) is 5.57 Å². The second kappa shape index (κ2) is 43.2. The zero-order chi connectivity index (χ0) is 71.1. The predicted molar refractivity (Wildman–Crippen MR) is 380 cm³/mol. The number of nitrogens with one attached hydrogen (secondary N) is 2. The fraction of sp³-hybridized carbons (Fsp3) is 0.519. The molecule has 14 heteroatoms. The van der Waals surface area contributed by atoms with Gasteiger partial charge in [0.2, 0.25) is 17.4 Å². The minimum atomic E-state index is -0.912. The third-order valence-corrected chi connectivity index (χ3v) is 13.3. The van der Waals surface area contributed by atoms with Gasteiger partial charge in [-0.25, -0.2) is 14.5 Å². The number of rotatable bonds is 12. The van der Waals surface area contributed by atoms with E-state index in [2.05, 4.69) is 43.2 Å². The maximum Gasteiger partial charge on any atom is 0.417 e. The highest BCUT2D eigenvalue weighted by atomic mass is 16.6. The highest BCUT2D eigenvalue weighted by Gasteiger charge is 2.50. The lowest BCUT2D eigenvalue weighted by Crippen LogP contribution is -2.47. The van der Waals surface area contributed by atoms with Crippen molar-refractivity contribution in [3.05, 3.63) is 196 Å². The van der Waals surface area contributed by atoms with E-state index in [-0.39, 0.29) is 46.5 Å². The first kappa shape index (κ1) is 87.6. The minimum absolute atomic E-state index is 0.0335. The quantitative estimate of drug-likeness (QED) is 0.0799. The van der Waals surface area contributed by atoms with Crippen molar-refractivity contribution in [3.63, 3.8) is 0 Å². The Morgan fingerprint density at radius 2 is 0.989 bits per heavy atom. The predicted octanol–water partition coefficient (Wildman–Crippen LogP) is 20.4. The number of carbonyl (C=O) groups excluding carboxylic acids is 4. The van der Waals surface area contributed by atoms with Gasteiger partial charge in [-0.15, -0.1) is 0 Å². The van der Waals surface area contributed by atoms with Crippen molar-refractivity contribution in [2.75, 3.05) is 0 Å². The molecule has 0 radical (unpaired) electrons. The van der Waals surface area contributed by atoms with Crippen molar-refractivity contribution >= 4 is 35.5 Å². The summed E-state index contributed by atoms with van der Waals surface area (Å²) in [4.78, 5) is 72.0. The van der Waals surface area contributed by atoms with Crippen molar-refractivity contribution in [1.29, 1.82) is 0 Å². The Labute approximate surface area is 551 Å². The summed E-state index contributed by atoms with van der Waals surface area (Å²) in [5.41, 5.74) is 2.92. The van der Waals surface area contributed by atoms with Crippen LogP contribution in [0, 0.1) is 10.1 Å². The van der Waals surface area contributed by atoms with Gasteiger partial charge >= 0.3 is 18.2 Å². The maximum absolute atomic E-state index is 12.7. The number of amides is 4. The van der Waals surface area contributed by atoms with E-state index in [1.807, 2.05) is 212 Å². The monoisotopic (exact) mass is 1260 g/mol. The fourth-order valence-corrected chi connectivity index (χ4v) is 9.37. The van der Waals surface area contributed by atoms with Crippen molar-refractivity contribution < 1.29 is 43.5 Å². The van der Waals surface area contributed by atoms with Gasteiger partial charge in [0.1, 0.15) is 11.2 Å². The van der Waals surface area contributed by atoms with Gasteiger partial charge in [-0.2, -0.15) is 0 Å². The smallest absolute Gasteiger partial charge is 0.417 e. The molecule has 3 N–H and O–H groups in total. The summed E-state index contributed by atoms with van der Waals surface area (Å²) in [6.45, 7) is 53.5. The zero-order valence-electron chi connectivity index (χ0n) is 60.8. The third kappa shape index (κ3) is 34.4. The standard InChI is InChI=1S/C17H25NO4.C17H23NO3.C12H17NO2.C12H15NO.C9H10.5C2H6/c1-16(2,3)22-15(21)18-17(4,5)11-13(14(19)20)12-9-7-6-8-10-12;1-16(2,3)21-15(20)18-14(19)13(11-17(18,4)5)12-9-7-6-8-10-12;1-10(9-12(2,3)13(14)15)11-7-5-4-6-8-11;1-12(2)8-10(11(14)13-12)9-6-4-3-5-7-9;1-8(2)9-6-4-3-5-7-9;5*1-2/h6-10,13H,11H2,1-5H3,(H,18,21)(H,19,20);6-10,13H,11H2,1-5H3;4-8,10H,9H2,1-3H3;3-7,10H,8H2,1-2H3,(H,13,14);3-7H,1H2,2H3;5*1-2H3. The third-order valence-electron chi connectivity index (χ3n) is 13.3. The molecule has 14 nitrogen and oxygen atoms in total. The number of hydrogen-bond acceptors (Lipinski definition) is 9. The summed E-state index contributed by atoms with van der Waals surface area (Å²) in [7, 11) is 0. The molecule has 0 saturated carbocycles. The lowest BCUT2D eigenvalue weighted by atomic mass is 9.86. The van der Waals surface area contributed by atoms with Gasteiger partial charge in [0.15, 0.2) is 0 Å². The number of carbonyl (C=O) groups is 5. The Hall–Kier alpha value is -7.61. The number of hydrogen-bond donors (Lipinski definition) is 3. The van der Waals surface area contributed by atoms with Crippen LogP contribution in [0.1, 0.15) is 257 Å². The molecule has 7 rings (SSSR count). The van der Waals surface area contributed by atoms with Gasteiger partial charge in [-0.1, -0.05) is 240 Å². The topological polar surface area (TPSA) is 194 Å². The Balaban J connectivity index is -0.00000105. The molecule has 0 bridgehead atoms. The van der Waals surface area contributed by atoms with E-state index >= 15 is 0 Å². The molecule has 0 aromatic heterocycles. The van der Waals surface area contributed by atoms with E-state index < -0.39 is 51.9 Å². The lowest BCUT2D eigenvalue weighted by Gasteiger charge is -2.31. The molecule has 5 aromatic rings. The Morgan fingerprint density at radius 3 is 1.33 bits per heavy atom. The summed E-state index contributed by atoms with van der Waals surface area (Å²) < 4.78 is 10.6. The molecular weight excluding hydrogens is 1140 g/mol. The van der Waals surface area contributed by atoms with Crippen LogP contribution in [0.15, 0.2) is 158 Å². The van der Waals surface area contributed by atoms with Gasteiger partial charge in [-0.05, 0) is 143 Å². The first-order valence-electron chi connectivity index (χ1n) is 32.6. The van der Waals surface area contributed by atoms with Crippen molar-refractivity contribution in [2.45, 2.75) is 263 Å². The number of imide groups is 1. The molecule has 508 valence electrons. The lowest BCUT2D eigenvalue weighted by molar-refractivity contribution is -0.562. The number of ether oxygens (including phenoxy) is 2. The Kier molecular flexibility index (Phi) is 41.6. The molecule has 2 heterocycles. The average molecular weight is 1260 g/mol. The number of nitrogens with zero attached hydrogens (tertiary/aromatic N) is 2. The van der Waals surface area contributed by atoms with E-state index in [0.717, 1.165) is 28.7 Å². The molecule has 0 spiro atoms. The van der Waals surface area contributed by atoms with Crippen LogP contribution in [0.5, 0.6) is 0 Å². The normalized spacial score (nSPS) is 15.4. The molecule has 91 heavy (non-hydrogen) atoms. The first-order valence-corrected chi connectivity index (χ1v) is 32.6. The highest BCUT2D eigenvalue weighted by molar-refractivity contribution is 5.99. The number of alkyl carbamates (subject to hydrolysis) is 1. The molecule has 2 fully saturated rings. The van der Waals surface area contributed by atoms with Crippen molar-refractivity contribution in [1.82, 2.24) is 15.5 Å². The van der Waals surface area contributed by atoms with E-state index in [1.54, 1.807) is 93.5 Å². The molecule has 5 aromatic carbocycles. The number of benzene rings is 5. The summed E-state index contributed by atoms with van der Waals surface area (Å²) in [6, 6.07) is 48.6. The van der Waals surface area contributed by atoms with Crippen LogP contribution >= 0.6 is 0 Å². The molecule has 2 aliphatic rings. The first-order chi connectivity index (χ1) is 42.4. The summed E-state index contributed by atoms with van der Waals surface area (Å²) in [6.07, 6.45) is 1.21. The van der Waals surface area contributed by atoms with E-state index in [1.165, 1.54) is 10.5 Å². The van der Waals surface area contributed by atoms with Gasteiger partial charge in [0.05, 0.1) is 17.8 Å². The van der Waals surface area contributed by atoms with Gasteiger partial charge in [0.25, 0.3) is 0 Å². The number of aliphatic carboxylic acids is 1. The molecule has 0 aliphatic carbocycles. The fourth-order valence-electron chi connectivity index (χ4n) is 9.37. The van der Waals surface area contributed by atoms with Crippen LogP contribution < -0.4 is 10.6 Å². The number of carboxylic acid groups (broad SMARTS) is 1. The second-order valence-corrected chi connectivity index (χ2v) is 25.4. The highest BCUT2D eigenvalue weighted by Crippen LogP contribution is 2.41. The number of nitro groups is 1. The average Bonchev–Trinajstić information content (AvgIpc) is 1.67. The molecule has 4 atom stereocenters. The largest absolute Gasteiger partial charge is 0.481 e. The Bertz CT molecular complexity index is 2820. The van der Waals surface area contributed by atoms with Crippen molar-refractivity contribution in [2.24, 2.45) is 0 Å². The van der Waals surface area contributed by atoms with Crippen LogP contribution in [0.4, 0.5) is 9.59 Å². The Morgan fingerprint density at radius 1 is 0.615 bits per heavy atom. The maximum atomic E-state index is 12.7. The number of allylic oxidation sites excluding steroid dienone is 1. The number of carboxylic acids is 1. The van der Waals surface area contributed by atoms with Gasteiger partial charge in [0, 0.05) is 41.8 Å². The van der Waals surface area contributed by atoms with E-state index in [9.17, 15) is 39.2 Å². The van der Waals surface area contributed by atoms with Crippen LogP contribution in [0.3, 0.4) is 0 Å². The molecular formula is C77H120N4O10.